The van der Waals surface area contributed by atoms with Gasteiger partial charge in [0, 0.05) is 45.1 Å². The Bertz CT molecular complexity index is 2270. The number of carbonyl (C=O) groups is 8. The summed E-state index contributed by atoms with van der Waals surface area (Å²) < 4.78 is 28.7. The Morgan fingerprint density at radius 2 is 1.68 bits per heavy atom. The van der Waals surface area contributed by atoms with Crippen LogP contribution >= 0.6 is 0 Å². The molecule has 23 heteroatoms. The maximum atomic E-state index is 14.3. The number of aliphatic carboxylic acids is 1. The summed E-state index contributed by atoms with van der Waals surface area (Å²) in [7, 11) is 1.36. The number of esters is 1. The quantitative estimate of drug-likeness (QED) is 0.0156. The van der Waals surface area contributed by atoms with Crippen LogP contribution in [0.3, 0.4) is 0 Å². The number of hydrogen-bond donors (Lipinski definition) is 8. The number of unbranched alkanes of at least 4 members (excludes halogenated alkanes) is 2. The summed E-state index contributed by atoms with van der Waals surface area (Å²) in [5.74, 6) is -3.86. The van der Waals surface area contributed by atoms with E-state index in [9.17, 15) is 48.6 Å². The van der Waals surface area contributed by atoms with Gasteiger partial charge in [0.1, 0.15) is 42.6 Å². The first kappa shape index (κ1) is 63.1. The number of allylic oxidation sites excluding steroid dienone is 2. The number of carboxylic acid groups (broad SMARTS) is 1. The molecule has 3 heterocycles. The topological polar surface area (TPSA) is 333 Å². The number of benzene rings is 1. The number of urea groups is 1. The number of carbonyl (C=O) groups excluding carboxylic acids is 7. The second-order valence-electron chi connectivity index (χ2n) is 20.5. The molecule has 77 heavy (non-hydrogen) atoms. The zero-order valence-electron chi connectivity index (χ0n) is 45.7. The largest absolute Gasteiger partial charge is 0.480 e. The van der Waals surface area contributed by atoms with Crippen molar-refractivity contribution in [3.63, 3.8) is 0 Å². The molecule has 10 N–H and O–H groups in total. The fourth-order valence-corrected chi connectivity index (χ4v) is 9.20. The third-order valence-corrected chi connectivity index (χ3v) is 13.7. The fraction of sp³-hybridized carbons (Fsp3) is 0.630. The second-order valence-corrected chi connectivity index (χ2v) is 20.5. The zero-order valence-corrected chi connectivity index (χ0v) is 45.7. The smallest absolute Gasteiger partial charge is 0.426 e. The second kappa shape index (κ2) is 30.5. The van der Waals surface area contributed by atoms with Crippen LogP contribution in [0.2, 0.25) is 0 Å². The third-order valence-electron chi connectivity index (χ3n) is 13.7. The maximum Gasteiger partial charge on any atom is 0.426 e. The molecule has 0 bridgehead atoms. The van der Waals surface area contributed by atoms with Gasteiger partial charge in [0.15, 0.2) is 0 Å². The van der Waals surface area contributed by atoms with Crippen molar-refractivity contribution < 1.29 is 72.3 Å². The summed E-state index contributed by atoms with van der Waals surface area (Å²) in [6.07, 6.45) is 7.90. The van der Waals surface area contributed by atoms with Gasteiger partial charge in [-0.1, -0.05) is 63.1 Å². The molecule has 11 atom stereocenters. The number of amides is 7. The third kappa shape index (κ3) is 20.5. The molecule has 1 aromatic rings. The number of ether oxygens (including phenoxy) is 5. The number of primary amides is 1. The number of nitrogens with one attached hydrogen (secondary N) is 4. The SMILES string of the molecule is CC(=O)O[C@@H](C)/C=C\C(=O)N[C@@H]1C[C@H](C)[C@H](C/C=C(C)/C=C/[C@H]2O[C@H](CC(=O)N(C)NC(=O)OCc3ccc(N(C(=O)[C@@H](NC(=O)CCCCCN)C(C)C)[C@@H](CCCNC(N)=O)C(=O)O)cc3)C[C@@]3(CO3)[C@@H]2O)O[C@@H]1C. The Kier molecular flexibility index (Phi) is 25.0. The van der Waals surface area contributed by atoms with Crippen LogP contribution in [0.15, 0.2) is 60.2 Å². The number of aliphatic hydroxyl groups is 1. The number of hydrogen-bond acceptors (Lipinski definition) is 15. The minimum atomic E-state index is -1.40. The van der Waals surface area contributed by atoms with Gasteiger partial charge in [-0.25, -0.2) is 19.8 Å². The number of carboxylic acids is 1. The van der Waals surface area contributed by atoms with Gasteiger partial charge in [-0.15, -0.1) is 0 Å². The summed E-state index contributed by atoms with van der Waals surface area (Å²) in [5, 5.41) is 30.8. The molecular formula is C54H82N8O15. The van der Waals surface area contributed by atoms with Crippen molar-refractivity contribution in [1.29, 1.82) is 0 Å². The molecule has 4 rings (SSSR count). The molecule has 3 fully saturated rings. The number of aliphatic hydroxyl groups excluding tert-OH is 1. The number of rotatable bonds is 27. The van der Waals surface area contributed by atoms with E-state index in [-0.39, 0.29) is 86.9 Å². The van der Waals surface area contributed by atoms with E-state index >= 15 is 0 Å². The van der Waals surface area contributed by atoms with E-state index in [1.807, 2.05) is 26.0 Å². The van der Waals surface area contributed by atoms with E-state index in [1.165, 1.54) is 38.3 Å². The van der Waals surface area contributed by atoms with Gasteiger partial charge >= 0.3 is 24.1 Å². The zero-order chi connectivity index (χ0) is 57.0. The van der Waals surface area contributed by atoms with Crippen LogP contribution in [-0.2, 0) is 59.1 Å². The average molecular weight is 1080 g/mol. The summed E-state index contributed by atoms with van der Waals surface area (Å²) in [4.78, 5) is 103. The highest BCUT2D eigenvalue weighted by Gasteiger charge is 2.58. The molecule has 3 aliphatic rings. The minimum Gasteiger partial charge on any atom is -0.480 e. The molecule has 0 aliphatic carbocycles. The van der Waals surface area contributed by atoms with Crippen LogP contribution in [-0.4, -0.2) is 150 Å². The molecule has 1 aromatic carbocycles. The van der Waals surface area contributed by atoms with E-state index in [4.69, 9.17) is 35.2 Å². The van der Waals surface area contributed by atoms with Crippen LogP contribution in [0.4, 0.5) is 15.3 Å². The summed E-state index contributed by atoms with van der Waals surface area (Å²) in [6, 6.07) is 2.63. The summed E-state index contributed by atoms with van der Waals surface area (Å²) >= 11 is 0. The molecular weight excluding hydrogens is 1000 g/mol. The van der Waals surface area contributed by atoms with Crippen LogP contribution < -0.4 is 37.7 Å². The molecule has 0 saturated carbocycles. The standard InChI is InChI=1S/C54H82N8O15/c1-32(2)48(59-45(64)14-10-9-11-25-55)50(68)62(42(51(69)70)13-12-26-57-52(56)71)39-20-18-38(19-21-39)30-73-53(72)60-61(8)47(66)28-40-29-54(31-74-54)49(67)44(77-40)23-16-33(3)15-22-43-34(4)27-41(36(6)76-43)58-46(65)24-17-35(5)75-37(7)63/h15-21,23-24,32,34-36,40-44,48-49,67H,9-14,22,25-31,55H2,1-8H3,(H,58,65)(H,59,64)(H,60,72)(H,69,70)(H3,56,57,71)/b23-16+,24-17-,33-15+/t34-,35-,36+,40+,41+,42-,43-,44+,48-,49+,54+/m0/s1. The first-order valence-corrected chi connectivity index (χ1v) is 26.4. The maximum absolute atomic E-state index is 14.3. The fourth-order valence-electron chi connectivity index (χ4n) is 9.20. The Morgan fingerprint density at radius 3 is 2.30 bits per heavy atom. The molecule has 1 spiro atoms. The first-order chi connectivity index (χ1) is 36.4. The molecule has 3 aliphatic heterocycles. The van der Waals surface area contributed by atoms with E-state index < -0.39 is 83.9 Å². The van der Waals surface area contributed by atoms with E-state index in [0.29, 0.717) is 38.0 Å². The van der Waals surface area contributed by atoms with Crippen LogP contribution in [0.1, 0.15) is 118 Å². The molecule has 3 saturated heterocycles. The molecule has 23 nitrogen and oxygen atoms in total. The lowest BCUT2D eigenvalue weighted by molar-refractivity contribution is -0.152. The van der Waals surface area contributed by atoms with Gasteiger partial charge in [-0.2, -0.15) is 0 Å². The van der Waals surface area contributed by atoms with E-state index in [0.717, 1.165) is 28.3 Å². The van der Waals surface area contributed by atoms with Gasteiger partial charge in [-0.3, -0.25) is 33.9 Å². The van der Waals surface area contributed by atoms with Gasteiger partial charge < -0.3 is 61.3 Å². The predicted molar refractivity (Wildman–Crippen MR) is 283 cm³/mol. The van der Waals surface area contributed by atoms with Crippen LogP contribution in [0.25, 0.3) is 0 Å². The van der Waals surface area contributed by atoms with Crippen molar-refractivity contribution in [2.75, 3.05) is 31.6 Å². The van der Waals surface area contributed by atoms with Crippen molar-refractivity contribution in [1.82, 2.24) is 26.4 Å². The Morgan fingerprint density at radius 1 is 0.974 bits per heavy atom. The Balaban J connectivity index is 1.32. The molecule has 0 unspecified atom stereocenters. The number of hydrazine groups is 1. The van der Waals surface area contributed by atoms with Crippen LogP contribution in [0, 0.1) is 11.8 Å². The highest BCUT2D eigenvalue weighted by Crippen LogP contribution is 2.43. The van der Waals surface area contributed by atoms with Crippen molar-refractivity contribution in [2.45, 2.75) is 180 Å². The van der Waals surface area contributed by atoms with Crippen molar-refractivity contribution in [3.05, 3.63) is 65.8 Å². The highest BCUT2D eigenvalue weighted by atomic mass is 16.6. The molecule has 428 valence electrons. The van der Waals surface area contributed by atoms with Gasteiger partial charge in [0.05, 0.1) is 37.4 Å². The number of epoxide rings is 1. The Labute approximate surface area is 451 Å². The minimum absolute atomic E-state index is 0.0625. The lowest BCUT2D eigenvalue weighted by Crippen LogP contribution is -2.56. The number of anilines is 1. The van der Waals surface area contributed by atoms with Gasteiger partial charge in [-0.05, 0) is 101 Å². The summed E-state index contributed by atoms with van der Waals surface area (Å²) in [5.41, 5.74) is 13.8. The van der Waals surface area contributed by atoms with Crippen molar-refractivity contribution in [2.24, 2.45) is 23.3 Å². The monoisotopic (exact) mass is 1080 g/mol. The van der Waals surface area contributed by atoms with E-state index in [2.05, 4.69) is 28.3 Å². The van der Waals surface area contributed by atoms with Crippen LogP contribution in [0.5, 0.6) is 0 Å². The lowest BCUT2D eigenvalue weighted by atomic mass is 9.87. The van der Waals surface area contributed by atoms with Crippen molar-refractivity contribution in [3.8, 4) is 0 Å². The number of nitrogens with zero attached hydrogens (tertiary/aromatic N) is 2. The predicted octanol–water partition coefficient (Wildman–Crippen LogP) is 3.56. The average Bonchev–Trinajstić information content (AvgIpc) is 4.14. The molecule has 7 amide bonds. The lowest BCUT2D eigenvalue weighted by Gasteiger charge is -2.39. The summed E-state index contributed by atoms with van der Waals surface area (Å²) in [6.45, 7) is 12.9. The highest BCUT2D eigenvalue weighted by molar-refractivity contribution is 6.03. The molecule has 0 aromatic heterocycles. The normalized spacial score (nSPS) is 24.4. The Hall–Kier alpha value is -6.40. The first-order valence-electron chi connectivity index (χ1n) is 26.4. The van der Waals surface area contributed by atoms with Crippen molar-refractivity contribution >= 4 is 53.4 Å². The van der Waals surface area contributed by atoms with Gasteiger partial charge in [0.2, 0.25) is 17.7 Å². The molecule has 0 radical (unpaired) electrons. The van der Waals surface area contributed by atoms with Gasteiger partial charge in [0.25, 0.3) is 5.91 Å². The van der Waals surface area contributed by atoms with E-state index in [1.54, 1.807) is 39.0 Å². The number of nitrogens with two attached hydrogens (primary N) is 2.